The number of aryl methyl sites for hydroxylation is 1. The molecule has 0 aliphatic carbocycles. The molecule has 3 N–H and O–H groups in total. The maximum Gasteiger partial charge on any atom is 0.407 e. The number of alkyl carbamates (subject to hydrolysis) is 1. The van der Waals surface area contributed by atoms with Crippen molar-refractivity contribution in [2.45, 2.75) is 73.0 Å². The fourth-order valence-corrected chi connectivity index (χ4v) is 3.02. The number of aromatic nitrogens is 2. The minimum Gasteiger partial charge on any atom is -0.444 e. The third-order valence-corrected chi connectivity index (χ3v) is 5.12. The molecule has 0 spiro atoms. The molecule has 1 aromatic rings. The summed E-state index contributed by atoms with van der Waals surface area (Å²) in [5.41, 5.74) is -1.49. The van der Waals surface area contributed by atoms with Crippen LogP contribution in [0.2, 0.25) is 0 Å². The van der Waals surface area contributed by atoms with Crippen molar-refractivity contribution in [3.8, 4) is 0 Å². The lowest BCUT2D eigenvalue weighted by Gasteiger charge is -2.23. The van der Waals surface area contributed by atoms with E-state index in [1.807, 2.05) is 0 Å². The van der Waals surface area contributed by atoms with Crippen molar-refractivity contribution < 1.29 is 19.1 Å². The smallest absolute Gasteiger partial charge is 0.407 e. The van der Waals surface area contributed by atoms with Crippen LogP contribution in [0.25, 0.3) is 0 Å². The van der Waals surface area contributed by atoms with Crippen molar-refractivity contribution in [3.05, 3.63) is 32.6 Å². The number of hydrogen-bond donors (Lipinski definition) is 3. The predicted octanol–water partition coefficient (Wildman–Crippen LogP) is 1.14. The molecule has 0 saturated heterocycles. The summed E-state index contributed by atoms with van der Waals surface area (Å²) in [6.45, 7) is 11.3. The molecule has 1 heterocycles. The van der Waals surface area contributed by atoms with E-state index in [4.69, 9.17) is 4.74 Å². The third kappa shape index (κ3) is 11.2. The number of amides is 3. The summed E-state index contributed by atoms with van der Waals surface area (Å²) in [6, 6.07) is 0. The number of hydrogen-bond acceptors (Lipinski definition) is 6. The zero-order chi connectivity index (χ0) is 25.9. The quantitative estimate of drug-likeness (QED) is 0.382. The van der Waals surface area contributed by atoms with Gasteiger partial charge in [0.1, 0.15) is 12.1 Å². The molecule has 0 saturated carbocycles. The van der Waals surface area contributed by atoms with Crippen LogP contribution in [0.5, 0.6) is 0 Å². The summed E-state index contributed by atoms with van der Waals surface area (Å²) in [5, 5.41) is 5.22. The van der Waals surface area contributed by atoms with Crippen LogP contribution in [0.1, 0.15) is 59.4 Å². The van der Waals surface area contributed by atoms with Gasteiger partial charge in [0, 0.05) is 31.4 Å². The number of H-pyrrole nitrogens is 1. The summed E-state index contributed by atoms with van der Waals surface area (Å²) >= 11 is 0. The van der Waals surface area contributed by atoms with Crippen molar-refractivity contribution in [1.29, 1.82) is 0 Å². The fourth-order valence-electron chi connectivity index (χ4n) is 3.02. The van der Waals surface area contributed by atoms with Crippen molar-refractivity contribution in [1.82, 2.24) is 25.1 Å². The largest absolute Gasteiger partial charge is 0.444 e. The number of carbonyl (C=O) groups is 3. The summed E-state index contributed by atoms with van der Waals surface area (Å²) in [6.07, 6.45) is 3.39. The molecule has 0 aromatic carbocycles. The molecule has 1 rings (SSSR count). The molecule has 0 fully saturated rings. The first-order valence-corrected chi connectivity index (χ1v) is 11.6. The van der Waals surface area contributed by atoms with Gasteiger partial charge in [-0.15, -0.1) is 0 Å². The van der Waals surface area contributed by atoms with Gasteiger partial charge in [-0.1, -0.05) is 20.3 Å². The Kier molecular flexibility index (Phi) is 11.5. The molecule has 1 aromatic heterocycles. The standard InChI is InChI=1S/C23H39N5O6/c1-7-16(2)9-8-12-27(19(30)15-28-13-17(3)20(31)26-21(28)32)14-18(29)24-10-11-25-22(33)34-23(4,5)6/h13,16H,7-12,14-15H2,1-6H3,(H,24,29)(H,25,33)(H,26,31,32). The van der Waals surface area contributed by atoms with E-state index in [1.54, 1.807) is 27.7 Å². The zero-order valence-electron chi connectivity index (χ0n) is 21.2. The Morgan fingerprint density at radius 1 is 1.18 bits per heavy atom. The van der Waals surface area contributed by atoms with Gasteiger partial charge in [-0.3, -0.25) is 23.9 Å². The van der Waals surface area contributed by atoms with E-state index in [9.17, 15) is 24.0 Å². The summed E-state index contributed by atoms with van der Waals surface area (Å²) in [7, 11) is 0. The average molecular weight is 482 g/mol. The Hall–Kier alpha value is -3.11. The van der Waals surface area contributed by atoms with Gasteiger partial charge < -0.3 is 20.3 Å². The molecule has 192 valence electrons. The Morgan fingerprint density at radius 2 is 1.82 bits per heavy atom. The molecular formula is C23H39N5O6. The minimum atomic E-state index is -0.679. The van der Waals surface area contributed by atoms with Gasteiger partial charge in [0.25, 0.3) is 5.56 Å². The topological polar surface area (TPSA) is 143 Å². The van der Waals surface area contributed by atoms with Crippen molar-refractivity contribution in [3.63, 3.8) is 0 Å². The molecule has 0 aliphatic heterocycles. The molecule has 11 heteroatoms. The lowest BCUT2D eigenvalue weighted by Crippen LogP contribution is -2.45. The van der Waals surface area contributed by atoms with Gasteiger partial charge in [-0.2, -0.15) is 0 Å². The van der Waals surface area contributed by atoms with Crippen molar-refractivity contribution in [2.24, 2.45) is 5.92 Å². The molecule has 1 unspecified atom stereocenters. The predicted molar refractivity (Wildman–Crippen MR) is 129 cm³/mol. The van der Waals surface area contributed by atoms with E-state index in [2.05, 4.69) is 29.5 Å². The molecule has 0 radical (unpaired) electrons. The first kappa shape index (κ1) is 28.9. The normalized spacial score (nSPS) is 12.1. The first-order valence-electron chi connectivity index (χ1n) is 11.6. The van der Waals surface area contributed by atoms with E-state index in [0.29, 0.717) is 24.4 Å². The van der Waals surface area contributed by atoms with E-state index < -0.39 is 28.9 Å². The second-order valence-electron chi connectivity index (χ2n) is 9.45. The molecule has 1 atom stereocenters. The lowest BCUT2D eigenvalue weighted by atomic mass is 10.0. The second-order valence-corrected chi connectivity index (χ2v) is 9.45. The highest BCUT2D eigenvalue weighted by molar-refractivity contribution is 5.84. The maximum atomic E-state index is 12.9. The Balaban J connectivity index is 2.70. The number of ether oxygens (including phenoxy) is 1. The van der Waals surface area contributed by atoms with Gasteiger partial charge in [0.15, 0.2) is 0 Å². The fraction of sp³-hybridized carbons (Fsp3) is 0.696. The van der Waals surface area contributed by atoms with E-state index in [1.165, 1.54) is 11.1 Å². The Labute approximate surface area is 200 Å². The van der Waals surface area contributed by atoms with Gasteiger partial charge in [0.05, 0.1) is 6.54 Å². The Bertz CT molecular complexity index is 946. The molecule has 3 amide bonds. The number of nitrogens with one attached hydrogen (secondary N) is 3. The molecular weight excluding hydrogens is 442 g/mol. The highest BCUT2D eigenvalue weighted by Gasteiger charge is 2.19. The van der Waals surface area contributed by atoms with Crippen LogP contribution in [0.4, 0.5) is 4.79 Å². The number of rotatable bonds is 12. The van der Waals surface area contributed by atoms with Crippen LogP contribution in [0, 0.1) is 12.8 Å². The molecule has 0 bridgehead atoms. The van der Waals surface area contributed by atoms with Crippen LogP contribution in [0.15, 0.2) is 15.8 Å². The minimum absolute atomic E-state index is 0.172. The highest BCUT2D eigenvalue weighted by atomic mass is 16.6. The van der Waals surface area contributed by atoms with Gasteiger partial charge in [-0.25, -0.2) is 9.59 Å². The molecule has 11 nitrogen and oxygen atoms in total. The summed E-state index contributed by atoms with van der Waals surface area (Å²) in [5.74, 6) is -0.290. The van der Waals surface area contributed by atoms with Gasteiger partial charge in [-0.05, 0) is 46.5 Å². The van der Waals surface area contributed by atoms with Crippen LogP contribution in [-0.2, 0) is 20.9 Å². The summed E-state index contributed by atoms with van der Waals surface area (Å²) in [4.78, 5) is 64.2. The van der Waals surface area contributed by atoms with Crippen molar-refractivity contribution >= 4 is 17.9 Å². The third-order valence-electron chi connectivity index (χ3n) is 5.12. The van der Waals surface area contributed by atoms with Gasteiger partial charge >= 0.3 is 11.8 Å². The highest BCUT2D eigenvalue weighted by Crippen LogP contribution is 2.10. The van der Waals surface area contributed by atoms with E-state index in [0.717, 1.165) is 17.4 Å². The SMILES string of the molecule is CCC(C)CCCN(CC(=O)NCCNC(=O)OC(C)(C)C)C(=O)Cn1cc(C)c(=O)[nH]c1=O. The zero-order valence-corrected chi connectivity index (χ0v) is 21.2. The van der Waals surface area contributed by atoms with E-state index >= 15 is 0 Å². The summed E-state index contributed by atoms with van der Waals surface area (Å²) < 4.78 is 6.26. The Morgan fingerprint density at radius 3 is 2.44 bits per heavy atom. The van der Waals surface area contributed by atoms with Crippen LogP contribution in [0.3, 0.4) is 0 Å². The van der Waals surface area contributed by atoms with Gasteiger partial charge in [0.2, 0.25) is 11.8 Å². The van der Waals surface area contributed by atoms with E-state index in [-0.39, 0.29) is 32.1 Å². The first-order chi connectivity index (χ1) is 15.8. The second kappa shape index (κ2) is 13.6. The molecule has 0 aliphatic rings. The van der Waals surface area contributed by atoms with Crippen LogP contribution < -0.4 is 21.9 Å². The number of carbonyl (C=O) groups excluding carboxylic acids is 3. The van der Waals surface area contributed by atoms with Crippen molar-refractivity contribution in [2.75, 3.05) is 26.2 Å². The van der Waals surface area contributed by atoms with Crippen LogP contribution in [-0.4, -0.2) is 64.1 Å². The lowest BCUT2D eigenvalue weighted by molar-refractivity contribution is -0.136. The maximum absolute atomic E-state index is 12.9. The number of aromatic amines is 1. The number of nitrogens with zero attached hydrogens (tertiary/aromatic N) is 2. The average Bonchev–Trinajstić information content (AvgIpc) is 2.72. The molecule has 34 heavy (non-hydrogen) atoms. The monoisotopic (exact) mass is 481 g/mol. The van der Waals surface area contributed by atoms with Crippen LogP contribution >= 0.6 is 0 Å².